The molecule has 0 bridgehead atoms. The normalized spacial score (nSPS) is 10.8. The van der Waals surface area contributed by atoms with Crippen LogP contribution in [0.25, 0.3) is 22.6 Å². The maximum absolute atomic E-state index is 13.4. The lowest BCUT2D eigenvalue weighted by Gasteiger charge is -2.12. The predicted molar refractivity (Wildman–Crippen MR) is 115 cm³/mol. The molecule has 2 aromatic carbocycles. The Balaban J connectivity index is 1.58. The summed E-state index contributed by atoms with van der Waals surface area (Å²) in [5.74, 6) is 0.731. The quantitative estimate of drug-likeness (QED) is 0.497. The van der Waals surface area contributed by atoms with E-state index in [4.69, 9.17) is 4.74 Å². The van der Waals surface area contributed by atoms with Crippen LogP contribution >= 0.6 is 0 Å². The number of benzene rings is 2. The number of carbonyl (C=O) groups is 1. The van der Waals surface area contributed by atoms with Gasteiger partial charge in [0.05, 0.1) is 25.4 Å². The number of methoxy groups -OCH3 is 1. The smallest absolute Gasteiger partial charge is 0.255 e. The lowest BCUT2D eigenvalue weighted by Crippen LogP contribution is -2.28. The van der Waals surface area contributed by atoms with Crippen molar-refractivity contribution in [1.82, 2.24) is 24.6 Å². The molecule has 1 N–H and O–H groups in total. The van der Waals surface area contributed by atoms with Gasteiger partial charge in [0, 0.05) is 31.5 Å². The van der Waals surface area contributed by atoms with Gasteiger partial charge in [0.15, 0.2) is 5.82 Å². The largest absolute Gasteiger partial charge is 0.496 e. The Kier molecular flexibility index (Phi) is 5.79. The van der Waals surface area contributed by atoms with Crippen molar-refractivity contribution in [3.63, 3.8) is 0 Å². The molecule has 31 heavy (non-hydrogen) atoms. The number of para-hydroxylation sites is 1. The number of ether oxygens (including phenoxy) is 1. The first-order valence-electron chi connectivity index (χ1n) is 9.79. The van der Waals surface area contributed by atoms with Gasteiger partial charge in [-0.15, -0.1) is 0 Å². The highest BCUT2D eigenvalue weighted by Gasteiger charge is 2.19. The first kappa shape index (κ1) is 20.3. The summed E-state index contributed by atoms with van der Waals surface area (Å²) in [7, 11) is 3.43. The van der Waals surface area contributed by atoms with Crippen LogP contribution in [0.5, 0.6) is 5.75 Å². The molecule has 0 spiro atoms. The van der Waals surface area contributed by atoms with Crippen LogP contribution in [0.4, 0.5) is 4.39 Å². The Morgan fingerprint density at radius 1 is 1.16 bits per heavy atom. The Bertz CT molecular complexity index is 1200. The van der Waals surface area contributed by atoms with Gasteiger partial charge in [-0.25, -0.2) is 9.37 Å². The summed E-state index contributed by atoms with van der Waals surface area (Å²) < 4.78 is 22.3. The number of amides is 1. The van der Waals surface area contributed by atoms with Gasteiger partial charge in [-0.05, 0) is 29.8 Å². The minimum Gasteiger partial charge on any atom is -0.496 e. The minimum absolute atomic E-state index is 0.220. The second-order valence-electron chi connectivity index (χ2n) is 6.95. The molecule has 0 fully saturated rings. The first-order valence-corrected chi connectivity index (χ1v) is 9.79. The zero-order valence-corrected chi connectivity index (χ0v) is 17.2. The Morgan fingerprint density at radius 3 is 2.65 bits per heavy atom. The molecule has 2 aromatic heterocycles. The van der Waals surface area contributed by atoms with Gasteiger partial charge >= 0.3 is 0 Å². The van der Waals surface area contributed by atoms with E-state index >= 15 is 0 Å². The number of hydrogen-bond donors (Lipinski definition) is 1. The summed E-state index contributed by atoms with van der Waals surface area (Å²) in [6.07, 6.45) is 5.30. The summed E-state index contributed by atoms with van der Waals surface area (Å²) in [5, 5.41) is 7.42. The van der Waals surface area contributed by atoms with Crippen LogP contribution in [0.1, 0.15) is 10.4 Å². The van der Waals surface area contributed by atoms with Gasteiger partial charge < -0.3 is 14.6 Å². The van der Waals surface area contributed by atoms with Gasteiger partial charge in [0.1, 0.15) is 17.3 Å². The lowest BCUT2D eigenvalue weighted by molar-refractivity contribution is 0.0949. The number of rotatable bonds is 7. The molecule has 0 saturated heterocycles. The van der Waals surface area contributed by atoms with Gasteiger partial charge in [-0.1, -0.05) is 24.3 Å². The molecule has 0 unspecified atom stereocenters. The highest BCUT2D eigenvalue weighted by Crippen LogP contribution is 2.31. The Labute approximate surface area is 179 Å². The van der Waals surface area contributed by atoms with Gasteiger partial charge in [-0.3, -0.25) is 9.48 Å². The maximum atomic E-state index is 13.4. The third-order valence-corrected chi connectivity index (χ3v) is 4.99. The van der Waals surface area contributed by atoms with E-state index in [1.807, 2.05) is 23.9 Å². The van der Waals surface area contributed by atoms with E-state index in [-0.39, 0.29) is 11.7 Å². The molecule has 158 valence electrons. The summed E-state index contributed by atoms with van der Waals surface area (Å²) >= 11 is 0. The molecule has 4 aromatic rings. The van der Waals surface area contributed by atoms with E-state index in [0.29, 0.717) is 24.4 Å². The van der Waals surface area contributed by atoms with E-state index in [9.17, 15) is 9.18 Å². The first-order chi connectivity index (χ1) is 15.1. The van der Waals surface area contributed by atoms with Crippen LogP contribution in [-0.4, -0.2) is 38.9 Å². The number of carbonyl (C=O) groups excluding carboxylic acids is 1. The number of aromatic nitrogens is 4. The van der Waals surface area contributed by atoms with Crippen LogP contribution in [0.2, 0.25) is 0 Å². The van der Waals surface area contributed by atoms with Gasteiger partial charge in [-0.2, -0.15) is 5.10 Å². The highest BCUT2D eigenvalue weighted by atomic mass is 19.1. The molecule has 4 rings (SSSR count). The van der Waals surface area contributed by atoms with Crippen molar-refractivity contribution in [2.75, 3.05) is 13.7 Å². The summed E-state index contributed by atoms with van der Waals surface area (Å²) in [5.41, 5.74) is 2.95. The average Bonchev–Trinajstić information content (AvgIpc) is 3.39. The molecule has 0 aliphatic rings. The summed E-state index contributed by atoms with van der Waals surface area (Å²) in [6.45, 7) is 0.795. The molecule has 2 heterocycles. The molecule has 0 radical (unpaired) electrons. The number of nitrogens with zero attached hydrogens (tertiary/aromatic N) is 4. The van der Waals surface area contributed by atoms with Crippen molar-refractivity contribution in [2.24, 2.45) is 7.05 Å². The number of nitrogens with one attached hydrogen (secondary N) is 1. The molecule has 8 heteroatoms. The minimum atomic E-state index is -0.297. The SMILES string of the molecule is COc1ccccc1C(=O)NCCn1ncc(-c2ccc(F)cc2)c1-c1nccn1C. The van der Waals surface area contributed by atoms with Crippen molar-refractivity contribution in [2.45, 2.75) is 6.54 Å². The molecular formula is C23H22FN5O2. The molecule has 0 aliphatic heterocycles. The third-order valence-electron chi connectivity index (χ3n) is 4.99. The van der Waals surface area contributed by atoms with Crippen LogP contribution in [-0.2, 0) is 13.6 Å². The van der Waals surface area contributed by atoms with E-state index < -0.39 is 0 Å². The zero-order valence-electron chi connectivity index (χ0n) is 17.2. The molecule has 7 nitrogen and oxygen atoms in total. The van der Waals surface area contributed by atoms with Crippen LogP contribution < -0.4 is 10.1 Å². The molecule has 1 amide bonds. The average molecular weight is 419 g/mol. The van der Waals surface area contributed by atoms with Gasteiger partial charge in [0.25, 0.3) is 5.91 Å². The zero-order chi connectivity index (χ0) is 21.8. The highest BCUT2D eigenvalue weighted by molar-refractivity contribution is 5.96. The molecule has 0 aliphatic carbocycles. The standard InChI is InChI=1S/C23H22FN5O2/c1-28-13-11-25-22(28)21-19(16-7-9-17(24)10-8-16)15-27-29(21)14-12-26-23(30)18-5-3-4-6-20(18)31-2/h3-11,13,15H,12,14H2,1-2H3,(H,26,30). The predicted octanol–water partition coefficient (Wildman–Crippen LogP) is 3.53. The second kappa shape index (κ2) is 8.83. The van der Waals surface area contributed by atoms with Crippen molar-refractivity contribution in [3.8, 4) is 28.4 Å². The van der Waals surface area contributed by atoms with E-state index in [2.05, 4.69) is 15.4 Å². The summed E-state index contributed by atoms with van der Waals surface area (Å²) in [6, 6.07) is 13.3. The number of hydrogen-bond acceptors (Lipinski definition) is 4. The van der Waals surface area contributed by atoms with Crippen molar-refractivity contribution in [3.05, 3.63) is 78.5 Å². The molecule has 0 atom stereocenters. The van der Waals surface area contributed by atoms with E-state index in [1.165, 1.54) is 19.2 Å². The van der Waals surface area contributed by atoms with Crippen LogP contribution in [0, 0.1) is 5.82 Å². The summed E-state index contributed by atoms with van der Waals surface area (Å²) in [4.78, 5) is 17.0. The van der Waals surface area contributed by atoms with E-state index in [0.717, 1.165) is 22.6 Å². The lowest BCUT2D eigenvalue weighted by atomic mass is 10.1. The topological polar surface area (TPSA) is 74.0 Å². The number of aryl methyl sites for hydroxylation is 1. The fourth-order valence-corrected chi connectivity index (χ4v) is 3.43. The second-order valence-corrected chi connectivity index (χ2v) is 6.95. The fraction of sp³-hybridized carbons (Fsp3) is 0.174. The van der Waals surface area contributed by atoms with Crippen LogP contribution in [0.15, 0.2) is 67.1 Å². The molecule has 0 saturated carbocycles. The third kappa shape index (κ3) is 4.18. The number of imidazole rings is 1. The maximum Gasteiger partial charge on any atom is 0.255 e. The number of halogens is 1. The van der Waals surface area contributed by atoms with E-state index in [1.54, 1.807) is 47.4 Å². The van der Waals surface area contributed by atoms with Crippen molar-refractivity contribution >= 4 is 5.91 Å². The monoisotopic (exact) mass is 419 g/mol. The molecular weight excluding hydrogens is 397 g/mol. The van der Waals surface area contributed by atoms with Gasteiger partial charge in [0.2, 0.25) is 0 Å². The van der Waals surface area contributed by atoms with Crippen molar-refractivity contribution in [1.29, 1.82) is 0 Å². The Morgan fingerprint density at radius 2 is 1.94 bits per heavy atom. The van der Waals surface area contributed by atoms with Crippen LogP contribution in [0.3, 0.4) is 0 Å². The fourth-order valence-electron chi connectivity index (χ4n) is 3.43. The van der Waals surface area contributed by atoms with Crippen molar-refractivity contribution < 1.29 is 13.9 Å². The Hall–Kier alpha value is -3.94.